The van der Waals surface area contributed by atoms with Gasteiger partial charge in [-0.05, 0) is 25.5 Å². The van der Waals surface area contributed by atoms with Gasteiger partial charge in [0, 0.05) is 17.8 Å². The van der Waals surface area contributed by atoms with Crippen LogP contribution < -0.4 is 15.8 Å². The number of carbonyl (C=O) groups excluding carboxylic acids is 1. The van der Waals surface area contributed by atoms with Crippen LogP contribution in [0.1, 0.15) is 52.4 Å². The lowest BCUT2D eigenvalue weighted by atomic mass is 10.1. The molecule has 4 heteroatoms. The summed E-state index contributed by atoms with van der Waals surface area (Å²) in [6.45, 7) is 4.34. The van der Waals surface area contributed by atoms with Crippen LogP contribution in [0, 0.1) is 0 Å². The summed E-state index contributed by atoms with van der Waals surface area (Å²) < 4.78 is 5.30. The fourth-order valence-electron chi connectivity index (χ4n) is 2.24. The van der Waals surface area contributed by atoms with E-state index in [0.29, 0.717) is 11.8 Å². The Morgan fingerprint density at radius 1 is 1.29 bits per heavy atom. The van der Waals surface area contributed by atoms with Gasteiger partial charge in [-0.25, -0.2) is 0 Å². The number of ether oxygens (including phenoxy) is 1. The molecule has 0 aromatic heterocycles. The van der Waals surface area contributed by atoms with E-state index in [4.69, 9.17) is 10.5 Å². The zero-order chi connectivity index (χ0) is 15.5. The Labute approximate surface area is 128 Å². The number of unbranched alkanes of at least 4 members (excludes halogenated alkanes) is 4. The molecule has 1 rings (SSSR count). The first-order chi connectivity index (χ1) is 10.1. The van der Waals surface area contributed by atoms with Crippen LogP contribution in [-0.2, 0) is 4.79 Å². The van der Waals surface area contributed by atoms with Gasteiger partial charge >= 0.3 is 0 Å². The molecule has 4 nitrogen and oxygen atoms in total. The highest BCUT2D eigenvalue weighted by atomic mass is 16.5. The first kappa shape index (κ1) is 17.3. The second kappa shape index (κ2) is 10.1. The van der Waals surface area contributed by atoms with Crippen molar-refractivity contribution in [3.8, 4) is 5.75 Å². The van der Waals surface area contributed by atoms with Crippen molar-refractivity contribution in [2.45, 2.75) is 58.4 Å². The molecule has 21 heavy (non-hydrogen) atoms. The lowest BCUT2D eigenvalue weighted by Gasteiger charge is -2.16. The lowest BCUT2D eigenvalue weighted by Crippen LogP contribution is -2.20. The molecule has 0 radical (unpaired) electrons. The summed E-state index contributed by atoms with van der Waals surface area (Å²) in [5, 5.41) is 3.46. The highest BCUT2D eigenvalue weighted by Crippen LogP contribution is 2.19. The van der Waals surface area contributed by atoms with Gasteiger partial charge in [0.25, 0.3) is 5.91 Å². The number of primary amides is 1. The molecule has 0 saturated carbocycles. The highest BCUT2D eigenvalue weighted by molar-refractivity contribution is 5.75. The summed E-state index contributed by atoms with van der Waals surface area (Å²) in [4.78, 5) is 10.7. The van der Waals surface area contributed by atoms with Crippen LogP contribution in [-0.4, -0.2) is 18.6 Å². The van der Waals surface area contributed by atoms with Crippen molar-refractivity contribution in [2.75, 3.05) is 11.9 Å². The minimum Gasteiger partial charge on any atom is -0.484 e. The maximum Gasteiger partial charge on any atom is 0.255 e. The third-order valence-electron chi connectivity index (χ3n) is 3.37. The summed E-state index contributed by atoms with van der Waals surface area (Å²) in [5.74, 6) is 0.197. The van der Waals surface area contributed by atoms with Crippen LogP contribution in [0.15, 0.2) is 24.3 Å². The molecular weight excluding hydrogens is 264 g/mol. The van der Waals surface area contributed by atoms with E-state index in [0.717, 1.165) is 12.1 Å². The molecule has 1 aromatic rings. The number of anilines is 1. The van der Waals surface area contributed by atoms with E-state index in [1.165, 1.54) is 32.1 Å². The molecular formula is C17H28N2O2. The van der Waals surface area contributed by atoms with E-state index >= 15 is 0 Å². The molecule has 1 aromatic carbocycles. The van der Waals surface area contributed by atoms with Crippen LogP contribution in [0.25, 0.3) is 0 Å². The Morgan fingerprint density at radius 2 is 2.05 bits per heavy atom. The van der Waals surface area contributed by atoms with Crippen molar-refractivity contribution in [1.82, 2.24) is 0 Å². The Balaban J connectivity index is 2.32. The third-order valence-corrected chi connectivity index (χ3v) is 3.37. The van der Waals surface area contributed by atoms with Crippen molar-refractivity contribution in [1.29, 1.82) is 0 Å². The highest BCUT2D eigenvalue weighted by Gasteiger charge is 2.04. The minimum absolute atomic E-state index is 0.0869. The fraction of sp³-hybridized carbons (Fsp3) is 0.588. The number of nitrogens with two attached hydrogens (primary N) is 1. The van der Waals surface area contributed by atoms with Gasteiger partial charge < -0.3 is 15.8 Å². The summed E-state index contributed by atoms with van der Waals surface area (Å²) in [7, 11) is 0. The van der Waals surface area contributed by atoms with Gasteiger partial charge in [0.2, 0.25) is 0 Å². The monoisotopic (exact) mass is 292 g/mol. The van der Waals surface area contributed by atoms with Crippen LogP contribution in [0.2, 0.25) is 0 Å². The molecule has 0 fully saturated rings. The maximum absolute atomic E-state index is 10.7. The largest absolute Gasteiger partial charge is 0.484 e. The predicted molar refractivity (Wildman–Crippen MR) is 87.6 cm³/mol. The maximum atomic E-state index is 10.7. The first-order valence-electron chi connectivity index (χ1n) is 7.89. The summed E-state index contributed by atoms with van der Waals surface area (Å²) in [5.41, 5.74) is 6.08. The smallest absolute Gasteiger partial charge is 0.255 e. The van der Waals surface area contributed by atoms with Crippen molar-refractivity contribution in [3.63, 3.8) is 0 Å². The Morgan fingerprint density at radius 3 is 2.76 bits per heavy atom. The number of benzene rings is 1. The van der Waals surface area contributed by atoms with Gasteiger partial charge in [-0.15, -0.1) is 0 Å². The van der Waals surface area contributed by atoms with Crippen LogP contribution in [0.3, 0.4) is 0 Å². The molecule has 0 aliphatic rings. The van der Waals surface area contributed by atoms with E-state index in [1.54, 1.807) is 0 Å². The van der Waals surface area contributed by atoms with Crippen LogP contribution >= 0.6 is 0 Å². The molecule has 1 amide bonds. The second-order valence-electron chi connectivity index (χ2n) is 5.53. The van der Waals surface area contributed by atoms with Crippen LogP contribution in [0.4, 0.5) is 5.69 Å². The number of rotatable bonds is 11. The number of hydrogen-bond donors (Lipinski definition) is 2. The zero-order valence-corrected chi connectivity index (χ0v) is 13.2. The van der Waals surface area contributed by atoms with Crippen molar-refractivity contribution >= 4 is 11.6 Å². The van der Waals surface area contributed by atoms with E-state index < -0.39 is 5.91 Å². The topological polar surface area (TPSA) is 64.3 Å². The summed E-state index contributed by atoms with van der Waals surface area (Å²) >= 11 is 0. The van der Waals surface area contributed by atoms with Gasteiger partial charge in [0.1, 0.15) is 5.75 Å². The molecule has 3 N–H and O–H groups in total. The summed E-state index contributed by atoms with van der Waals surface area (Å²) in [6.07, 6.45) is 7.68. The Bertz CT molecular complexity index is 421. The van der Waals surface area contributed by atoms with Gasteiger partial charge in [-0.3, -0.25) is 4.79 Å². The number of carbonyl (C=O) groups is 1. The molecule has 1 atom stereocenters. The normalized spacial score (nSPS) is 11.9. The minimum atomic E-state index is -0.464. The zero-order valence-electron chi connectivity index (χ0n) is 13.2. The Kier molecular flexibility index (Phi) is 8.32. The first-order valence-corrected chi connectivity index (χ1v) is 7.89. The van der Waals surface area contributed by atoms with Gasteiger partial charge in [-0.1, -0.05) is 45.1 Å². The molecule has 0 bridgehead atoms. The van der Waals surface area contributed by atoms with Crippen molar-refractivity contribution in [3.05, 3.63) is 24.3 Å². The van der Waals surface area contributed by atoms with E-state index in [1.807, 2.05) is 24.3 Å². The average molecular weight is 292 g/mol. The predicted octanol–water partition coefficient (Wildman–Crippen LogP) is 3.71. The fourth-order valence-corrected chi connectivity index (χ4v) is 2.24. The summed E-state index contributed by atoms with van der Waals surface area (Å²) in [6, 6.07) is 8.07. The van der Waals surface area contributed by atoms with E-state index in [9.17, 15) is 4.79 Å². The standard InChI is InChI=1S/C17H28N2O2/c1-3-4-5-6-7-9-14(2)19-15-10-8-11-16(12-15)21-13-17(18)20/h8,10-12,14,19H,3-7,9,13H2,1-2H3,(H2,18,20). The average Bonchev–Trinajstić information content (AvgIpc) is 2.45. The van der Waals surface area contributed by atoms with Gasteiger partial charge in [-0.2, -0.15) is 0 Å². The molecule has 0 aliphatic carbocycles. The van der Waals surface area contributed by atoms with Gasteiger partial charge in [0.05, 0.1) is 0 Å². The molecule has 0 heterocycles. The SMILES string of the molecule is CCCCCCCC(C)Nc1cccc(OCC(N)=O)c1. The molecule has 1 unspecified atom stereocenters. The van der Waals surface area contributed by atoms with Crippen LogP contribution in [0.5, 0.6) is 5.75 Å². The molecule has 0 aliphatic heterocycles. The van der Waals surface area contributed by atoms with Crippen molar-refractivity contribution in [2.24, 2.45) is 5.73 Å². The second-order valence-corrected chi connectivity index (χ2v) is 5.53. The molecule has 118 valence electrons. The number of amides is 1. The van der Waals surface area contributed by atoms with E-state index in [-0.39, 0.29) is 6.61 Å². The van der Waals surface area contributed by atoms with Gasteiger partial charge in [0.15, 0.2) is 6.61 Å². The van der Waals surface area contributed by atoms with Crippen molar-refractivity contribution < 1.29 is 9.53 Å². The quantitative estimate of drug-likeness (QED) is 0.611. The molecule has 0 saturated heterocycles. The number of hydrogen-bond acceptors (Lipinski definition) is 3. The lowest BCUT2D eigenvalue weighted by molar-refractivity contribution is -0.119. The molecule has 0 spiro atoms. The number of nitrogens with one attached hydrogen (secondary N) is 1. The van der Waals surface area contributed by atoms with E-state index in [2.05, 4.69) is 19.2 Å². The Hall–Kier alpha value is -1.71. The third kappa shape index (κ3) is 8.23.